The first kappa shape index (κ1) is 18.3. The van der Waals surface area contributed by atoms with Gasteiger partial charge in [0.05, 0.1) is 12.3 Å². The van der Waals surface area contributed by atoms with E-state index in [1.807, 2.05) is 18.3 Å². The predicted molar refractivity (Wildman–Crippen MR) is 102 cm³/mol. The third kappa shape index (κ3) is 3.96. The maximum absolute atomic E-state index is 14.5. The summed E-state index contributed by atoms with van der Waals surface area (Å²) in [6.07, 6.45) is 11.9. The fourth-order valence-corrected chi connectivity index (χ4v) is 4.02. The van der Waals surface area contributed by atoms with Crippen LogP contribution in [0.15, 0.2) is 42.6 Å². The van der Waals surface area contributed by atoms with Gasteiger partial charge in [0, 0.05) is 17.3 Å². The topological polar surface area (TPSA) is 25.4 Å². The van der Waals surface area contributed by atoms with E-state index in [9.17, 15) is 8.78 Å². The zero-order valence-corrected chi connectivity index (χ0v) is 15.6. The maximum Gasteiger partial charge on any atom is 0.168 e. The Balaban J connectivity index is 1.47. The van der Waals surface area contributed by atoms with Crippen molar-refractivity contribution in [2.24, 2.45) is 5.92 Å². The molecule has 2 nitrogen and oxygen atoms in total. The van der Waals surface area contributed by atoms with Gasteiger partial charge in [0.25, 0.3) is 0 Å². The van der Waals surface area contributed by atoms with Gasteiger partial charge in [-0.15, -0.1) is 0 Å². The number of allylic oxidation sites excluding steroid dienone is 2. The van der Waals surface area contributed by atoms with E-state index in [2.05, 4.69) is 24.1 Å². The Morgan fingerprint density at radius 1 is 1.07 bits per heavy atom. The molecule has 1 unspecified atom stereocenters. The van der Waals surface area contributed by atoms with Crippen molar-refractivity contribution >= 4 is 0 Å². The van der Waals surface area contributed by atoms with Crippen molar-refractivity contribution in [3.63, 3.8) is 0 Å². The maximum atomic E-state index is 14.5. The van der Waals surface area contributed by atoms with Crippen molar-refractivity contribution in [2.45, 2.75) is 51.0 Å². The van der Waals surface area contributed by atoms with Crippen molar-refractivity contribution in [2.75, 3.05) is 6.61 Å². The van der Waals surface area contributed by atoms with Crippen molar-refractivity contribution in [3.8, 4) is 11.3 Å². The average Bonchev–Trinajstić information content (AvgIpc) is 3.54. The van der Waals surface area contributed by atoms with Gasteiger partial charge in [-0.2, -0.15) is 0 Å². The van der Waals surface area contributed by atoms with Crippen LogP contribution < -0.4 is 0 Å². The van der Waals surface area contributed by atoms with Crippen molar-refractivity contribution < 1.29 is 13.5 Å². The van der Waals surface area contributed by atoms with Gasteiger partial charge in [-0.1, -0.05) is 31.2 Å². The van der Waals surface area contributed by atoms with Crippen LogP contribution in [0.25, 0.3) is 11.3 Å². The van der Waals surface area contributed by atoms with E-state index in [0.29, 0.717) is 29.7 Å². The van der Waals surface area contributed by atoms with Crippen LogP contribution in [0, 0.1) is 17.6 Å². The highest BCUT2D eigenvalue weighted by atomic mass is 19.2. The minimum atomic E-state index is -0.841. The van der Waals surface area contributed by atoms with E-state index in [0.717, 1.165) is 19.3 Å². The molecule has 1 atom stereocenters. The molecule has 4 heteroatoms. The van der Waals surface area contributed by atoms with Crippen LogP contribution in [-0.2, 0) is 4.74 Å². The molecule has 0 bridgehead atoms. The number of hydrogen-bond donors (Lipinski definition) is 0. The zero-order chi connectivity index (χ0) is 18.8. The summed E-state index contributed by atoms with van der Waals surface area (Å²) in [6.45, 7) is 2.62. The SMILES string of the molecule is CC/C=C/C1CCC(c2ccc(-c3ccc(C4CO4)c(F)c3F)nc2)CC1. The molecule has 0 radical (unpaired) electrons. The number of pyridine rings is 1. The number of benzene rings is 1. The first-order valence-electron chi connectivity index (χ1n) is 9.89. The summed E-state index contributed by atoms with van der Waals surface area (Å²) in [7, 11) is 0. The molecule has 2 aromatic rings. The lowest BCUT2D eigenvalue weighted by Gasteiger charge is -2.27. The summed E-state index contributed by atoms with van der Waals surface area (Å²) in [5.74, 6) is -0.459. The highest BCUT2D eigenvalue weighted by Crippen LogP contribution is 2.38. The Hall–Kier alpha value is -2.07. The Morgan fingerprint density at radius 3 is 2.48 bits per heavy atom. The van der Waals surface area contributed by atoms with Crippen LogP contribution in [-0.4, -0.2) is 11.6 Å². The molecule has 1 aromatic carbocycles. The predicted octanol–water partition coefficient (Wildman–Crippen LogP) is 6.34. The summed E-state index contributed by atoms with van der Waals surface area (Å²) >= 11 is 0. The molecule has 2 fully saturated rings. The molecular formula is C23H25F2NO. The van der Waals surface area contributed by atoms with Gasteiger partial charge in [0.15, 0.2) is 11.6 Å². The first-order chi connectivity index (χ1) is 13.2. The fourth-order valence-electron chi connectivity index (χ4n) is 4.02. The Labute approximate surface area is 159 Å². The molecule has 27 heavy (non-hydrogen) atoms. The number of ether oxygens (including phenoxy) is 1. The zero-order valence-electron chi connectivity index (χ0n) is 15.6. The number of hydrogen-bond acceptors (Lipinski definition) is 2. The monoisotopic (exact) mass is 369 g/mol. The van der Waals surface area contributed by atoms with Gasteiger partial charge in [-0.3, -0.25) is 4.98 Å². The van der Waals surface area contributed by atoms with Gasteiger partial charge in [0.1, 0.15) is 6.10 Å². The Bertz CT molecular complexity index is 819. The lowest BCUT2D eigenvalue weighted by atomic mass is 9.79. The molecule has 4 rings (SSSR count). The number of rotatable bonds is 5. The van der Waals surface area contributed by atoms with Crippen LogP contribution >= 0.6 is 0 Å². The summed E-state index contributed by atoms with van der Waals surface area (Å²) in [6, 6.07) is 7.03. The van der Waals surface area contributed by atoms with Crippen LogP contribution in [0.5, 0.6) is 0 Å². The van der Waals surface area contributed by atoms with E-state index in [-0.39, 0.29) is 11.7 Å². The number of epoxide rings is 1. The van der Waals surface area contributed by atoms with Crippen LogP contribution in [0.2, 0.25) is 0 Å². The lowest BCUT2D eigenvalue weighted by molar-refractivity contribution is 0.375. The second-order valence-electron chi connectivity index (χ2n) is 7.58. The third-order valence-corrected chi connectivity index (χ3v) is 5.74. The van der Waals surface area contributed by atoms with Crippen molar-refractivity contribution in [1.82, 2.24) is 4.98 Å². The highest BCUT2D eigenvalue weighted by molar-refractivity contribution is 5.61. The Kier molecular flexibility index (Phi) is 5.35. The molecule has 142 valence electrons. The normalized spacial score (nSPS) is 25.1. The van der Waals surface area contributed by atoms with Gasteiger partial charge < -0.3 is 4.74 Å². The molecular weight excluding hydrogens is 344 g/mol. The lowest BCUT2D eigenvalue weighted by Crippen LogP contribution is -2.12. The molecule has 0 N–H and O–H groups in total. The average molecular weight is 369 g/mol. The molecule has 1 aliphatic carbocycles. The molecule has 1 aromatic heterocycles. The third-order valence-electron chi connectivity index (χ3n) is 5.74. The van der Waals surface area contributed by atoms with E-state index < -0.39 is 11.6 Å². The van der Waals surface area contributed by atoms with E-state index in [1.165, 1.54) is 18.4 Å². The highest BCUT2D eigenvalue weighted by Gasteiger charge is 2.30. The smallest absolute Gasteiger partial charge is 0.168 e. The van der Waals surface area contributed by atoms with Gasteiger partial charge in [-0.25, -0.2) is 8.78 Å². The van der Waals surface area contributed by atoms with Crippen LogP contribution in [0.3, 0.4) is 0 Å². The molecule has 2 aliphatic rings. The standard InChI is InChI=1S/C23H25F2NO/c1-2-3-4-15-5-7-16(8-6-15)17-9-12-20(26-13-17)18-10-11-19(21-14-27-21)23(25)22(18)24/h3-4,9-13,15-16,21H,2,5-8,14H2,1H3/b4-3+. The molecule has 0 amide bonds. The summed E-state index contributed by atoms with van der Waals surface area (Å²) in [5.41, 5.74) is 2.16. The van der Waals surface area contributed by atoms with Crippen LogP contribution in [0.1, 0.15) is 62.2 Å². The number of halogens is 2. The van der Waals surface area contributed by atoms with Gasteiger partial charge >= 0.3 is 0 Å². The minimum Gasteiger partial charge on any atom is -0.368 e. The molecule has 1 aliphatic heterocycles. The summed E-state index contributed by atoms with van der Waals surface area (Å²) in [5, 5.41) is 0. The molecule has 1 saturated carbocycles. The van der Waals surface area contributed by atoms with E-state index >= 15 is 0 Å². The second-order valence-corrected chi connectivity index (χ2v) is 7.58. The number of aromatic nitrogens is 1. The van der Waals surface area contributed by atoms with Gasteiger partial charge in [-0.05, 0) is 61.6 Å². The second kappa shape index (κ2) is 7.89. The quantitative estimate of drug-likeness (QED) is 0.454. The fraction of sp³-hybridized carbons (Fsp3) is 0.435. The van der Waals surface area contributed by atoms with Crippen molar-refractivity contribution in [1.29, 1.82) is 0 Å². The van der Waals surface area contributed by atoms with Crippen LogP contribution in [0.4, 0.5) is 8.78 Å². The van der Waals surface area contributed by atoms with E-state index in [1.54, 1.807) is 12.1 Å². The molecule has 1 saturated heterocycles. The molecule has 0 spiro atoms. The molecule has 2 heterocycles. The minimum absolute atomic E-state index is 0.205. The van der Waals surface area contributed by atoms with E-state index in [4.69, 9.17) is 4.74 Å². The first-order valence-corrected chi connectivity index (χ1v) is 9.89. The summed E-state index contributed by atoms with van der Waals surface area (Å²) in [4.78, 5) is 4.43. The largest absolute Gasteiger partial charge is 0.368 e. The van der Waals surface area contributed by atoms with Gasteiger partial charge in [0.2, 0.25) is 0 Å². The number of nitrogens with zero attached hydrogens (tertiary/aromatic N) is 1. The Morgan fingerprint density at radius 2 is 1.85 bits per heavy atom. The summed E-state index contributed by atoms with van der Waals surface area (Å²) < 4.78 is 33.8. The van der Waals surface area contributed by atoms with Crippen molar-refractivity contribution in [3.05, 3.63) is 65.4 Å².